The van der Waals surface area contributed by atoms with E-state index < -0.39 is 29.5 Å². The van der Waals surface area contributed by atoms with Gasteiger partial charge in [0, 0.05) is 75.8 Å². The SMILES string of the molecule is CCn1c(C2=CC=CN(C)C2[C@H](C)OC)c2c3cc(ccc31)-c1cc(O)cc(c1)C[C@H](NC(=O)[C@H](C(C)C)N(C)C(=O)[C@H]1CCN(C(=O)[C@H]3CN3)C1)COCN1CCC[C@H](N1)C(=O)OCC(C)(C)C2. The minimum Gasteiger partial charge on any atom is -0.508 e. The first-order chi connectivity index (χ1) is 33.0. The van der Waals surface area contributed by atoms with Gasteiger partial charge in [-0.3, -0.25) is 19.2 Å². The lowest BCUT2D eigenvalue weighted by Crippen LogP contribution is -2.56. The van der Waals surface area contributed by atoms with Gasteiger partial charge >= 0.3 is 5.97 Å². The molecule has 16 heteroatoms. The minimum atomic E-state index is -0.788. The number of rotatable bonds is 10. The molecule has 3 amide bonds. The number of benzene rings is 2. The van der Waals surface area contributed by atoms with Gasteiger partial charge in [0.2, 0.25) is 17.7 Å². The number of nitrogens with one attached hydrogen (secondary N) is 3. The van der Waals surface area contributed by atoms with Crippen molar-refractivity contribution in [2.45, 2.75) is 117 Å². The Morgan fingerprint density at radius 1 is 1.07 bits per heavy atom. The number of phenolic OH excluding ortho intramolecular Hbond substituents is 1. The highest BCUT2D eigenvalue weighted by atomic mass is 16.5. The Bertz CT molecular complexity index is 2460. The van der Waals surface area contributed by atoms with E-state index >= 15 is 0 Å². The molecule has 6 heterocycles. The standard InChI is InChI=1S/C53H74N8O8/c1-10-61-45-16-15-35-25-41(45)42(48(61)40-13-11-18-57(7)47(40)33(4)67-9)26-53(5,6)30-69-52(66)43-14-12-19-60(56-43)31-68-29-38(22-34-21-37(35)24-39(62)23-34)55-49(63)46(32(2)3)58(8)50(64)36-17-20-59(28-36)51(65)44-27-54-44/h11,13,15-16,18,21,23-25,32-33,36,38,43-44,46-47,54,56,62H,10,12,14,17,19-20,22,26-31H2,1-9H3,(H,55,63)/t33-,36-,38-,43-,44+,46-,47?/m0/s1. The quantitative estimate of drug-likeness (QED) is 0.163. The summed E-state index contributed by atoms with van der Waals surface area (Å²) in [6, 6.07) is 9.91. The van der Waals surface area contributed by atoms with Gasteiger partial charge in [-0.2, -0.15) is 0 Å². The predicted molar refractivity (Wildman–Crippen MR) is 265 cm³/mol. The number of ether oxygens (including phenoxy) is 3. The van der Waals surface area contributed by atoms with Gasteiger partial charge in [-0.1, -0.05) is 45.9 Å². The number of carbonyl (C=O) groups excluding carboxylic acids is 4. The number of phenols is 1. The lowest BCUT2D eigenvalue weighted by molar-refractivity contribution is -0.154. The highest BCUT2D eigenvalue weighted by Gasteiger charge is 2.42. The van der Waals surface area contributed by atoms with Crippen LogP contribution in [0.25, 0.3) is 27.6 Å². The van der Waals surface area contributed by atoms with Gasteiger partial charge < -0.3 is 49.2 Å². The third-order valence-electron chi connectivity index (χ3n) is 14.7. The molecule has 8 rings (SSSR count). The first kappa shape index (κ1) is 50.1. The number of methoxy groups -OCH3 is 1. The van der Waals surface area contributed by atoms with Gasteiger partial charge in [0.15, 0.2) is 0 Å². The number of hydrazine groups is 1. The fraction of sp³-hybridized carbons (Fsp3) is 0.585. The number of aromatic hydroxyl groups is 1. The third kappa shape index (κ3) is 11.0. The topological polar surface area (TPSA) is 180 Å². The molecule has 5 aliphatic heterocycles. The van der Waals surface area contributed by atoms with E-state index in [4.69, 9.17) is 14.2 Å². The van der Waals surface area contributed by atoms with Gasteiger partial charge in [0.1, 0.15) is 24.6 Å². The molecule has 0 radical (unpaired) electrons. The average molecular weight is 951 g/mol. The number of nitrogens with zero attached hydrogens (tertiary/aromatic N) is 5. The molecule has 0 spiro atoms. The molecule has 2 unspecified atom stereocenters. The molecule has 4 N–H and O–H groups in total. The van der Waals surface area contributed by atoms with E-state index in [1.807, 2.05) is 18.9 Å². The molecule has 0 saturated carbocycles. The van der Waals surface area contributed by atoms with Crippen LogP contribution in [0.3, 0.4) is 0 Å². The fourth-order valence-corrected chi connectivity index (χ4v) is 11.0. The Kier molecular flexibility index (Phi) is 15.3. The number of esters is 1. The van der Waals surface area contributed by atoms with Crippen molar-refractivity contribution < 1.29 is 38.5 Å². The molecular formula is C53H74N8O8. The zero-order valence-corrected chi connectivity index (χ0v) is 42.0. The number of carbonyl (C=O) groups is 4. The molecule has 1 aromatic heterocycles. The number of allylic oxidation sites excluding steroid dienone is 2. The smallest absolute Gasteiger partial charge is 0.324 e. The normalized spacial score (nSPS) is 26.1. The van der Waals surface area contributed by atoms with Crippen LogP contribution < -0.4 is 16.1 Å². The molecule has 3 aromatic rings. The molecule has 6 bridgehead atoms. The highest BCUT2D eigenvalue weighted by Crippen LogP contribution is 2.41. The maximum absolute atomic E-state index is 14.5. The molecule has 374 valence electrons. The number of likely N-dealkylation sites (N-methyl/N-ethyl adjacent to an activating group) is 2. The minimum absolute atomic E-state index is 0.0252. The Labute approximate surface area is 407 Å². The number of hydrogen-bond acceptors (Lipinski definition) is 12. The summed E-state index contributed by atoms with van der Waals surface area (Å²) in [5, 5.41) is 20.6. The lowest BCUT2D eigenvalue weighted by Gasteiger charge is -2.36. The van der Waals surface area contributed by atoms with Crippen LogP contribution in [0.4, 0.5) is 0 Å². The summed E-state index contributed by atoms with van der Waals surface area (Å²) in [6.07, 6.45) is 9.10. The second-order valence-electron chi connectivity index (χ2n) is 21.0. The van der Waals surface area contributed by atoms with E-state index in [-0.39, 0.29) is 73.5 Å². The van der Waals surface area contributed by atoms with E-state index in [0.717, 1.165) is 57.4 Å². The second-order valence-corrected chi connectivity index (χ2v) is 21.0. The van der Waals surface area contributed by atoms with Crippen molar-refractivity contribution in [2.24, 2.45) is 17.3 Å². The maximum atomic E-state index is 14.5. The van der Waals surface area contributed by atoms with Crippen LogP contribution in [0.5, 0.6) is 5.75 Å². The van der Waals surface area contributed by atoms with E-state index in [9.17, 15) is 24.3 Å². The summed E-state index contributed by atoms with van der Waals surface area (Å²) < 4.78 is 20.9. The van der Waals surface area contributed by atoms with Crippen LogP contribution in [0.2, 0.25) is 0 Å². The van der Waals surface area contributed by atoms with Crippen LogP contribution in [0, 0.1) is 17.3 Å². The van der Waals surface area contributed by atoms with Crippen molar-refractivity contribution in [1.82, 2.24) is 40.3 Å². The summed E-state index contributed by atoms with van der Waals surface area (Å²) >= 11 is 0. The summed E-state index contributed by atoms with van der Waals surface area (Å²) in [4.78, 5) is 60.6. The molecule has 69 heavy (non-hydrogen) atoms. The average Bonchev–Trinajstić information content (AvgIpc) is 3.97. The molecule has 0 aliphatic carbocycles. The molecule has 2 aromatic carbocycles. The molecule has 3 fully saturated rings. The summed E-state index contributed by atoms with van der Waals surface area (Å²) in [7, 11) is 5.50. The zero-order chi connectivity index (χ0) is 49.3. The van der Waals surface area contributed by atoms with Crippen LogP contribution in [0.15, 0.2) is 54.8 Å². The van der Waals surface area contributed by atoms with Gasteiger partial charge in [-0.15, -0.1) is 0 Å². The Morgan fingerprint density at radius 3 is 2.58 bits per heavy atom. The third-order valence-corrected chi connectivity index (χ3v) is 14.7. The van der Waals surface area contributed by atoms with E-state index in [2.05, 4.69) is 103 Å². The molecule has 8 atom stereocenters. The first-order valence-electron chi connectivity index (χ1n) is 24.9. The molecule has 16 nitrogen and oxygen atoms in total. The monoisotopic (exact) mass is 951 g/mol. The van der Waals surface area contributed by atoms with Crippen molar-refractivity contribution >= 4 is 40.2 Å². The van der Waals surface area contributed by atoms with Crippen LogP contribution in [0.1, 0.15) is 77.6 Å². The van der Waals surface area contributed by atoms with Crippen molar-refractivity contribution in [2.75, 3.05) is 67.3 Å². The van der Waals surface area contributed by atoms with Crippen molar-refractivity contribution in [3.8, 4) is 16.9 Å². The van der Waals surface area contributed by atoms with E-state index in [0.29, 0.717) is 51.9 Å². The van der Waals surface area contributed by atoms with Crippen molar-refractivity contribution in [3.05, 3.63) is 71.6 Å². The Morgan fingerprint density at radius 2 is 1.86 bits per heavy atom. The van der Waals surface area contributed by atoms with Crippen LogP contribution >= 0.6 is 0 Å². The number of hydrogen-bond donors (Lipinski definition) is 4. The summed E-state index contributed by atoms with van der Waals surface area (Å²) in [6.45, 7) is 15.8. The van der Waals surface area contributed by atoms with Crippen LogP contribution in [-0.2, 0) is 52.8 Å². The van der Waals surface area contributed by atoms with Gasteiger partial charge in [-0.05, 0) is 111 Å². The molecule has 5 aliphatic rings. The van der Waals surface area contributed by atoms with E-state index in [1.165, 1.54) is 0 Å². The van der Waals surface area contributed by atoms with Gasteiger partial charge in [-0.25, -0.2) is 10.4 Å². The van der Waals surface area contributed by atoms with Crippen molar-refractivity contribution in [3.63, 3.8) is 0 Å². The predicted octanol–water partition coefficient (Wildman–Crippen LogP) is 4.68. The highest BCUT2D eigenvalue weighted by molar-refractivity contribution is 5.95. The van der Waals surface area contributed by atoms with E-state index in [1.54, 1.807) is 36.1 Å². The summed E-state index contributed by atoms with van der Waals surface area (Å²) in [5.74, 6) is -1.28. The number of cyclic esters (lactones) is 1. The molecular weight excluding hydrogens is 877 g/mol. The van der Waals surface area contributed by atoms with Gasteiger partial charge in [0.05, 0.1) is 49.1 Å². The van der Waals surface area contributed by atoms with Crippen LogP contribution in [-0.4, -0.2) is 157 Å². The lowest BCUT2D eigenvalue weighted by atomic mass is 9.82. The number of aromatic nitrogens is 1. The second kappa shape index (κ2) is 21.0. The largest absolute Gasteiger partial charge is 0.508 e. The molecule has 3 saturated heterocycles. The number of likely N-dealkylation sites (tertiary alicyclic amines) is 1. The first-order valence-corrected chi connectivity index (χ1v) is 24.9. The zero-order valence-electron chi connectivity index (χ0n) is 42.0. The Hall–Kier alpha value is -5.26. The van der Waals surface area contributed by atoms with Crippen molar-refractivity contribution in [1.29, 1.82) is 0 Å². The summed E-state index contributed by atoms with van der Waals surface area (Å²) in [5.41, 5.74) is 9.91. The number of aryl methyl sites for hydroxylation is 1. The maximum Gasteiger partial charge on any atom is 0.324 e. The number of fused-ring (bicyclic) bond motifs is 6. The number of amides is 3. The fourth-order valence-electron chi connectivity index (χ4n) is 11.0. The Balaban J connectivity index is 1.15. The van der Waals surface area contributed by atoms with Gasteiger partial charge in [0.25, 0.3) is 0 Å².